The predicted molar refractivity (Wildman–Crippen MR) is 103 cm³/mol. The Morgan fingerprint density at radius 1 is 1.27 bits per heavy atom. The van der Waals surface area contributed by atoms with Crippen LogP contribution in [0.1, 0.15) is 17.5 Å². The third kappa shape index (κ3) is 3.93. The molecule has 2 aliphatic heterocycles. The van der Waals surface area contributed by atoms with Crippen LogP contribution in [0.2, 0.25) is 0 Å². The predicted octanol–water partition coefficient (Wildman–Crippen LogP) is 1.66. The van der Waals surface area contributed by atoms with E-state index < -0.39 is 10.0 Å². The molecule has 0 radical (unpaired) electrons. The summed E-state index contributed by atoms with van der Waals surface area (Å²) >= 11 is 1.76. The smallest absolute Gasteiger partial charge is 0.248 e. The summed E-state index contributed by atoms with van der Waals surface area (Å²) in [4.78, 5) is 13.5. The maximum atomic E-state index is 12.9. The Balaban J connectivity index is 1.59. The highest BCUT2D eigenvalue weighted by atomic mass is 32.2. The van der Waals surface area contributed by atoms with Gasteiger partial charge >= 0.3 is 0 Å². The van der Waals surface area contributed by atoms with Gasteiger partial charge in [0.15, 0.2) is 0 Å². The Morgan fingerprint density at radius 3 is 2.46 bits per heavy atom. The van der Waals surface area contributed by atoms with Gasteiger partial charge in [0, 0.05) is 37.7 Å². The number of sulfonamides is 1. The van der Waals surface area contributed by atoms with E-state index in [0.717, 1.165) is 23.3 Å². The highest BCUT2D eigenvalue weighted by molar-refractivity contribution is 8.01. The van der Waals surface area contributed by atoms with Crippen molar-refractivity contribution in [3.05, 3.63) is 29.3 Å². The molecule has 1 amide bonds. The fraction of sp³-hybridized carbons (Fsp3) is 0.611. The summed E-state index contributed by atoms with van der Waals surface area (Å²) in [6.45, 7) is 4.92. The number of thioether (sulfide) groups is 1. The minimum absolute atomic E-state index is 0.00923. The van der Waals surface area contributed by atoms with Gasteiger partial charge in [-0.2, -0.15) is 4.31 Å². The van der Waals surface area contributed by atoms with Gasteiger partial charge in [-0.05, 0) is 43.5 Å². The number of nitrogens with zero attached hydrogens (tertiary/aromatic N) is 2. The number of benzene rings is 1. The van der Waals surface area contributed by atoms with Crippen molar-refractivity contribution in [1.82, 2.24) is 9.21 Å². The third-order valence-electron chi connectivity index (χ3n) is 4.88. The first-order valence-corrected chi connectivity index (χ1v) is 11.1. The monoisotopic (exact) mass is 398 g/mol. The van der Waals surface area contributed by atoms with Crippen LogP contribution < -0.4 is 0 Å². The van der Waals surface area contributed by atoms with E-state index in [1.54, 1.807) is 42.3 Å². The van der Waals surface area contributed by atoms with E-state index in [1.165, 1.54) is 4.90 Å². The standard InChI is InChI=1S/C18H26N2O4S2/c1-13-5-14(2)7-16(6-13)26(22,23)20-11-18(12-20)8-15(10-25-18)24-9-17(21)19(3)4/h5-7,15H,8-12H2,1-4H3/t15-/m1/s1. The van der Waals surface area contributed by atoms with E-state index in [-0.39, 0.29) is 23.4 Å². The molecule has 0 aliphatic carbocycles. The average molecular weight is 399 g/mol. The van der Waals surface area contributed by atoms with Gasteiger partial charge in [0.05, 0.1) is 11.0 Å². The molecule has 26 heavy (non-hydrogen) atoms. The zero-order valence-corrected chi connectivity index (χ0v) is 17.3. The normalized spacial score (nSPS) is 22.4. The van der Waals surface area contributed by atoms with Gasteiger partial charge < -0.3 is 9.64 Å². The summed E-state index contributed by atoms with van der Waals surface area (Å²) in [5, 5.41) is 0. The van der Waals surface area contributed by atoms with Gasteiger partial charge in [-0.15, -0.1) is 11.8 Å². The molecule has 0 N–H and O–H groups in total. The van der Waals surface area contributed by atoms with Crippen molar-refractivity contribution in [3.63, 3.8) is 0 Å². The molecule has 2 heterocycles. The van der Waals surface area contributed by atoms with Crippen molar-refractivity contribution in [3.8, 4) is 0 Å². The lowest BCUT2D eigenvalue weighted by molar-refractivity contribution is -0.135. The third-order valence-corrected chi connectivity index (χ3v) is 8.22. The molecule has 1 aromatic carbocycles. The Labute approximate surface area is 159 Å². The molecule has 2 saturated heterocycles. The van der Waals surface area contributed by atoms with Crippen LogP contribution >= 0.6 is 11.8 Å². The maximum absolute atomic E-state index is 12.9. The zero-order valence-electron chi connectivity index (χ0n) is 15.7. The van der Waals surface area contributed by atoms with Gasteiger partial charge in [0.25, 0.3) is 0 Å². The Hall–Kier alpha value is -1.09. The van der Waals surface area contributed by atoms with Crippen molar-refractivity contribution in [1.29, 1.82) is 0 Å². The second-order valence-corrected chi connectivity index (χ2v) is 10.9. The van der Waals surface area contributed by atoms with Crippen LogP contribution in [-0.4, -0.2) is 73.9 Å². The molecule has 1 atom stereocenters. The second kappa shape index (κ2) is 7.14. The van der Waals surface area contributed by atoms with Gasteiger partial charge in [-0.1, -0.05) is 6.07 Å². The molecule has 0 saturated carbocycles. The van der Waals surface area contributed by atoms with Gasteiger partial charge in [0.1, 0.15) is 6.61 Å². The lowest BCUT2D eigenvalue weighted by Crippen LogP contribution is -2.60. The summed E-state index contributed by atoms with van der Waals surface area (Å²) in [5.41, 5.74) is 1.90. The number of amides is 1. The van der Waals surface area contributed by atoms with E-state index in [0.29, 0.717) is 18.0 Å². The average Bonchev–Trinajstić information content (AvgIpc) is 2.94. The Kier molecular flexibility index (Phi) is 5.40. The molecule has 3 rings (SSSR count). The SMILES string of the molecule is Cc1cc(C)cc(S(=O)(=O)N2CC3(C[C@@H](OCC(=O)N(C)C)CS3)C2)c1. The van der Waals surface area contributed by atoms with E-state index in [4.69, 9.17) is 4.74 Å². The van der Waals surface area contributed by atoms with Crippen molar-refractivity contribution in [2.45, 2.75) is 36.0 Å². The van der Waals surface area contributed by atoms with Crippen LogP contribution in [0.4, 0.5) is 0 Å². The number of rotatable bonds is 5. The molecular formula is C18H26N2O4S2. The largest absolute Gasteiger partial charge is 0.367 e. The molecule has 0 bridgehead atoms. The maximum Gasteiger partial charge on any atom is 0.248 e. The number of carbonyl (C=O) groups excluding carboxylic acids is 1. The van der Waals surface area contributed by atoms with Crippen LogP contribution in [0.25, 0.3) is 0 Å². The molecular weight excluding hydrogens is 372 g/mol. The lowest BCUT2D eigenvalue weighted by Gasteiger charge is -2.46. The molecule has 2 fully saturated rings. The topological polar surface area (TPSA) is 66.9 Å². The zero-order chi connectivity index (χ0) is 19.1. The highest BCUT2D eigenvalue weighted by Gasteiger charge is 2.53. The van der Waals surface area contributed by atoms with Crippen molar-refractivity contribution >= 4 is 27.7 Å². The van der Waals surface area contributed by atoms with Crippen LogP contribution in [-0.2, 0) is 19.6 Å². The fourth-order valence-corrected chi connectivity index (χ4v) is 6.96. The fourth-order valence-electron chi connectivity index (χ4n) is 3.45. The van der Waals surface area contributed by atoms with Crippen molar-refractivity contribution in [2.24, 2.45) is 0 Å². The van der Waals surface area contributed by atoms with Crippen LogP contribution in [0.15, 0.2) is 23.1 Å². The van der Waals surface area contributed by atoms with Crippen molar-refractivity contribution in [2.75, 3.05) is 39.5 Å². The lowest BCUT2D eigenvalue weighted by atomic mass is 9.95. The minimum Gasteiger partial charge on any atom is -0.367 e. The molecule has 0 unspecified atom stereocenters. The summed E-state index contributed by atoms with van der Waals surface area (Å²) in [5.74, 6) is 0.751. The number of carbonyl (C=O) groups is 1. The van der Waals surface area contributed by atoms with Crippen LogP contribution in [0.3, 0.4) is 0 Å². The number of hydrogen-bond acceptors (Lipinski definition) is 5. The Bertz CT molecular complexity index is 781. The molecule has 6 nitrogen and oxygen atoms in total. The summed E-state index contributed by atoms with van der Waals surface area (Å²) in [6.07, 6.45) is 0.798. The van der Waals surface area contributed by atoms with E-state index >= 15 is 0 Å². The molecule has 0 aromatic heterocycles. The number of ether oxygens (including phenoxy) is 1. The van der Waals surface area contributed by atoms with Gasteiger partial charge in [-0.25, -0.2) is 8.42 Å². The highest BCUT2D eigenvalue weighted by Crippen LogP contribution is 2.47. The molecule has 8 heteroatoms. The molecule has 1 spiro atoms. The van der Waals surface area contributed by atoms with E-state index in [2.05, 4.69) is 0 Å². The van der Waals surface area contributed by atoms with Crippen LogP contribution in [0.5, 0.6) is 0 Å². The molecule has 2 aliphatic rings. The summed E-state index contributed by atoms with van der Waals surface area (Å²) in [6, 6.07) is 5.43. The van der Waals surface area contributed by atoms with Gasteiger partial charge in [0.2, 0.25) is 15.9 Å². The number of hydrogen-bond donors (Lipinski definition) is 0. The number of aryl methyl sites for hydroxylation is 2. The molecule has 1 aromatic rings. The summed E-state index contributed by atoms with van der Waals surface area (Å²) in [7, 11) is -0.0335. The minimum atomic E-state index is -3.45. The Morgan fingerprint density at radius 2 is 1.88 bits per heavy atom. The number of likely N-dealkylation sites (N-methyl/N-ethyl adjacent to an activating group) is 1. The van der Waals surface area contributed by atoms with Crippen LogP contribution in [0, 0.1) is 13.8 Å². The van der Waals surface area contributed by atoms with Crippen molar-refractivity contribution < 1.29 is 17.9 Å². The van der Waals surface area contributed by atoms with E-state index in [9.17, 15) is 13.2 Å². The second-order valence-electron chi connectivity index (χ2n) is 7.52. The van der Waals surface area contributed by atoms with Gasteiger partial charge in [-0.3, -0.25) is 4.79 Å². The quantitative estimate of drug-likeness (QED) is 0.755. The first-order chi connectivity index (χ1) is 12.1. The first kappa shape index (κ1) is 19.7. The first-order valence-electron chi connectivity index (χ1n) is 8.65. The molecule has 144 valence electrons. The summed E-state index contributed by atoms with van der Waals surface area (Å²) < 4.78 is 32.9. The van der Waals surface area contributed by atoms with E-state index in [1.807, 2.05) is 19.9 Å².